The number of nitro benzene ring substituents is 1. The van der Waals surface area contributed by atoms with Crippen LogP contribution in [0.1, 0.15) is 15.9 Å². The fourth-order valence-corrected chi connectivity index (χ4v) is 2.14. The number of carbonyl (C=O) groups excluding carboxylic acids is 1. The summed E-state index contributed by atoms with van der Waals surface area (Å²) in [5, 5.41) is 22.0. The molecule has 10 heteroatoms. The number of hydrogen-bond acceptors (Lipinski definition) is 4. The number of benzene rings is 2. The minimum atomic E-state index is -1.53. The summed E-state index contributed by atoms with van der Waals surface area (Å²) in [6.45, 7) is 0. The van der Waals surface area contributed by atoms with E-state index in [9.17, 15) is 38.0 Å². The van der Waals surface area contributed by atoms with Crippen LogP contribution in [0, 0.1) is 27.6 Å². The van der Waals surface area contributed by atoms with E-state index in [1.54, 1.807) is 0 Å². The molecule has 0 aliphatic heterocycles. The number of carboxylic acids is 1. The zero-order chi connectivity index (χ0) is 19.4. The van der Waals surface area contributed by atoms with Gasteiger partial charge in [-0.25, -0.2) is 13.6 Å². The van der Waals surface area contributed by atoms with E-state index in [0.29, 0.717) is 12.1 Å². The fraction of sp³-hybridized carbons (Fsp3) is 0.125. The average Bonchev–Trinajstić information content (AvgIpc) is 2.57. The van der Waals surface area contributed by atoms with Crippen molar-refractivity contribution < 1.29 is 32.8 Å². The minimum Gasteiger partial charge on any atom is -0.480 e. The van der Waals surface area contributed by atoms with Gasteiger partial charge in [0.15, 0.2) is 11.6 Å². The summed E-state index contributed by atoms with van der Waals surface area (Å²) in [6, 6.07) is 3.56. The molecule has 2 N–H and O–H groups in total. The van der Waals surface area contributed by atoms with Crippen molar-refractivity contribution in [3.63, 3.8) is 0 Å². The van der Waals surface area contributed by atoms with Gasteiger partial charge in [-0.1, -0.05) is 6.07 Å². The van der Waals surface area contributed by atoms with Crippen LogP contribution in [0.3, 0.4) is 0 Å². The number of nitrogens with one attached hydrogen (secondary N) is 1. The van der Waals surface area contributed by atoms with Gasteiger partial charge < -0.3 is 10.4 Å². The number of aliphatic carboxylic acids is 1. The predicted molar refractivity (Wildman–Crippen MR) is 82.0 cm³/mol. The average molecular weight is 368 g/mol. The number of nitro groups is 1. The number of amides is 1. The van der Waals surface area contributed by atoms with Crippen LogP contribution >= 0.6 is 0 Å². The number of carboxylic acid groups (broad SMARTS) is 1. The molecule has 7 nitrogen and oxygen atoms in total. The van der Waals surface area contributed by atoms with Gasteiger partial charge in [0.1, 0.15) is 6.04 Å². The number of halogens is 3. The Balaban J connectivity index is 2.20. The Kier molecular flexibility index (Phi) is 5.55. The molecule has 0 aliphatic carbocycles. The van der Waals surface area contributed by atoms with Crippen LogP contribution in [0.5, 0.6) is 0 Å². The quantitative estimate of drug-likeness (QED) is 0.601. The largest absolute Gasteiger partial charge is 0.480 e. The van der Waals surface area contributed by atoms with E-state index in [-0.39, 0.29) is 17.5 Å². The molecule has 26 heavy (non-hydrogen) atoms. The molecule has 0 saturated carbocycles. The fourth-order valence-electron chi connectivity index (χ4n) is 2.14. The van der Waals surface area contributed by atoms with E-state index < -0.39 is 46.0 Å². The van der Waals surface area contributed by atoms with E-state index in [1.807, 2.05) is 0 Å². The van der Waals surface area contributed by atoms with Gasteiger partial charge in [-0.2, -0.15) is 4.39 Å². The molecule has 0 unspecified atom stereocenters. The smallest absolute Gasteiger partial charge is 0.326 e. The molecular formula is C16H11F3N2O5. The van der Waals surface area contributed by atoms with Crippen LogP contribution in [-0.4, -0.2) is 27.9 Å². The lowest BCUT2D eigenvalue weighted by Gasteiger charge is -2.15. The maximum absolute atomic E-state index is 13.3. The maximum atomic E-state index is 13.3. The highest BCUT2D eigenvalue weighted by Crippen LogP contribution is 2.19. The Morgan fingerprint density at radius 3 is 2.31 bits per heavy atom. The Labute approximate surface area is 144 Å². The third-order valence-corrected chi connectivity index (χ3v) is 3.43. The van der Waals surface area contributed by atoms with E-state index in [0.717, 1.165) is 24.3 Å². The monoisotopic (exact) mass is 368 g/mol. The second kappa shape index (κ2) is 7.64. The molecule has 0 heterocycles. The normalized spacial score (nSPS) is 11.7. The first-order valence-corrected chi connectivity index (χ1v) is 7.10. The van der Waals surface area contributed by atoms with Gasteiger partial charge in [-0.05, 0) is 29.8 Å². The molecule has 2 rings (SSSR count). The SMILES string of the molecule is O=C(N[C@H](Cc1ccc(F)c([N+](=O)[O-])c1)C(=O)O)c1ccc(F)c(F)c1. The number of rotatable bonds is 6. The molecule has 1 atom stereocenters. The van der Waals surface area contributed by atoms with E-state index in [2.05, 4.69) is 5.32 Å². The van der Waals surface area contributed by atoms with Crippen molar-refractivity contribution in [2.24, 2.45) is 0 Å². The van der Waals surface area contributed by atoms with Gasteiger partial charge >= 0.3 is 11.7 Å². The Morgan fingerprint density at radius 1 is 1.08 bits per heavy atom. The van der Waals surface area contributed by atoms with Crippen LogP contribution in [0.25, 0.3) is 0 Å². The molecule has 0 bridgehead atoms. The van der Waals surface area contributed by atoms with Crippen LogP contribution in [0.2, 0.25) is 0 Å². The molecular weight excluding hydrogens is 357 g/mol. The van der Waals surface area contributed by atoms with Gasteiger partial charge in [0, 0.05) is 18.1 Å². The number of nitrogens with zero attached hydrogens (tertiary/aromatic N) is 1. The van der Waals surface area contributed by atoms with Crippen molar-refractivity contribution in [1.82, 2.24) is 5.32 Å². The van der Waals surface area contributed by atoms with E-state index >= 15 is 0 Å². The second-order valence-electron chi connectivity index (χ2n) is 5.24. The summed E-state index contributed by atoms with van der Waals surface area (Å²) < 4.78 is 39.4. The van der Waals surface area contributed by atoms with Crippen molar-refractivity contribution in [2.75, 3.05) is 0 Å². The standard InChI is InChI=1S/C16H11F3N2O5/c17-10-4-2-9(7-12(10)19)15(22)20-13(16(23)24)5-8-1-3-11(18)14(6-8)21(25)26/h1-4,6-7,13H,5H2,(H,20,22)(H,23,24)/t13-/m1/s1. The van der Waals surface area contributed by atoms with Crippen molar-refractivity contribution in [2.45, 2.75) is 12.5 Å². The Morgan fingerprint density at radius 2 is 1.73 bits per heavy atom. The molecule has 1 amide bonds. The molecule has 0 radical (unpaired) electrons. The number of carbonyl (C=O) groups is 2. The zero-order valence-corrected chi connectivity index (χ0v) is 12.9. The highest BCUT2D eigenvalue weighted by Gasteiger charge is 2.23. The maximum Gasteiger partial charge on any atom is 0.326 e. The lowest BCUT2D eigenvalue weighted by atomic mass is 10.0. The van der Waals surface area contributed by atoms with Gasteiger partial charge in [-0.15, -0.1) is 0 Å². The molecule has 0 aromatic heterocycles. The summed E-state index contributed by atoms with van der Waals surface area (Å²) in [5.74, 6) is -5.98. The van der Waals surface area contributed by atoms with Crippen LogP contribution in [0.4, 0.5) is 18.9 Å². The Hall–Kier alpha value is -3.43. The second-order valence-corrected chi connectivity index (χ2v) is 5.24. The third kappa shape index (κ3) is 4.35. The molecule has 2 aromatic carbocycles. The van der Waals surface area contributed by atoms with Gasteiger partial charge in [0.25, 0.3) is 5.91 Å². The van der Waals surface area contributed by atoms with Crippen molar-refractivity contribution >= 4 is 17.6 Å². The summed E-state index contributed by atoms with van der Waals surface area (Å²) in [4.78, 5) is 33.1. The first-order valence-electron chi connectivity index (χ1n) is 7.10. The Bertz CT molecular complexity index is 888. The minimum absolute atomic E-state index is 0.0936. The molecule has 0 spiro atoms. The highest BCUT2D eigenvalue weighted by molar-refractivity contribution is 5.96. The van der Waals surface area contributed by atoms with Crippen LogP contribution < -0.4 is 5.32 Å². The predicted octanol–water partition coefficient (Wildman–Crippen LogP) is 2.44. The lowest BCUT2D eigenvalue weighted by Crippen LogP contribution is -2.42. The van der Waals surface area contributed by atoms with Gasteiger partial charge in [0.2, 0.25) is 5.82 Å². The summed E-state index contributed by atoms with van der Waals surface area (Å²) in [5.41, 5.74) is -1.05. The molecule has 2 aromatic rings. The lowest BCUT2D eigenvalue weighted by molar-refractivity contribution is -0.387. The summed E-state index contributed by atoms with van der Waals surface area (Å²) in [7, 11) is 0. The van der Waals surface area contributed by atoms with Crippen LogP contribution in [0.15, 0.2) is 36.4 Å². The zero-order valence-electron chi connectivity index (χ0n) is 12.9. The van der Waals surface area contributed by atoms with Crippen molar-refractivity contribution in [3.05, 3.63) is 75.1 Å². The number of hydrogen-bond donors (Lipinski definition) is 2. The highest BCUT2D eigenvalue weighted by atomic mass is 19.2. The first-order chi connectivity index (χ1) is 12.2. The van der Waals surface area contributed by atoms with Crippen molar-refractivity contribution in [3.8, 4) is 0 Å². The van der Waals surface area contributed by atoms with Gasteiger partial charge in [-0.3, -0.25) is 14.9 Å². The van der Waals surface area contributed by atoms with E-state index in [1.165, 1.54) is 0 Å². The molecule has 136 valence electrons. The summed E-state index contributed by atoms with van der Waals surface area (Å²) in [6.07, 6.45) is -0.383. The first kappa shape index (κ1) is 18.9. The molecule has 0 saturated heterocycles. The van der Waals surface area contributed by atoms with Crippen molar-refractivity contribution in [1.29, 1.82) is 0 Å². The molecule has 0 aliphatic rings. The third-order valence-electron chi connectivity index (χ3n) is 3.43. The topological polar surface area (TPSA) is 110 Å². The van der Waals surface area contributed by atoms with Gasteiger partial charge in [0.05, 0.1) is 4.92 Å². The van der Waals surface area contributed by atoms with E-state index in [4.69, 9.17) is 0 Å². The summed E-state index contributed by atoms with van der Waals surface area (Å²) >= 11 is 0. The molecule has 0 fully saturated rings. The van der Waals surface area contributed by atoms with Crippen LogP contribution in [-0.2, 0) is 11.2 Å².